The summed E-state index contributed by atoms with van der Waals surface area (Å²) in [4.78, 5) is 30.0. The first-order chi connectivity index (χ1) is 15.8. The zero-order valence-corrected chi connectivity index (χ0v) is 19.5. The van der Waals surface area contributed by atoms with E-state index in [1.807, 2.05) is 4.90 Å². The van der Waals surface area contributed by atoms with Crippen LogP contribution in [0.5, 0.6) is 0 Å². The topological polar surface area (TPSA) is 78.0 Å². The van der Waals surface area contributed by atoms with E-state index >= 15 is 0 Å². The Balaban J connectivity index is 1.53. The SMILES string of the molecule is CS(=O)(=O)c1ccc(N2CCCC2)c(C(=O)N2CCN(c3ccc(CC=O)cc3F)CC2)c1. The number of nitrogens with zero attached hydrogens (tertiary/aromatic N) is 3. The molecular formula is C24H28FN3O4S. The Morgan fingerprint density at radius 3 is 2.18 bits per heavy atom. The number of hydrogen-bond donors (Lipinski definition) is 0. The van der Waals surface area contributed by atoms with Gasteiger partial charge in [0.15, 0.2) is 9.84 Å². The Morgan fingerprint density at radius 1 is 0.939 bits per heavy atom. The number of rotatable bonds is 6. The van der Waals surface area contributed by atoms with Crippen LogP contribution in [0.25, 0.3) is 0 Å². The van der Waals surface area contributed by atoms with E-state index in [0.29, 0.717) is 43.0 Å². The van der Waals surface area contributed by atoms with Crippen LogP contribution < -0.4 is 9.80 Å². The van der Waals surface area contributed by atoms with Gasteiger partial charge in [-0.2, -0.15) is 0 Å². The summed E-state index contributed by atoms with van der Waals surface area (Å²) >= 11 is 0. The Hall–Kier alpha value is -2.94. The van der Waals surface area contributed by atoms with Crippen molar-refractivity contribution < 1.29 is 22.4 Å². The number of carbonyl (C=O) groups is 2. The first-order valence-corrected chi connectivity index (χ1v) is 13.0. The molecule has 0 radical (unpaired) electrons. The van der Waals surface area contributed by atoms with E-state index in [1.54, 1.807) is 29.2 Å². The molecule has 2 aliphatic heterocycles. The van der Waals surface area contributed by atoms with Gasteiger partial charge in [-0.3, -0.25) is 4.79 Å². The monoisotopic (exact) mass is 473 g/mol. The van der Waals surface area contributed by atoms with Gasteiger partial charge in [-0.05, 0) is 48.7 Å². The van der Waals surface area contributed by atoms with Crippen LogP contribution in [-0.4, -0.2) is 71.0 Å². The first-order valence-electron chi connectivity index (χ1n) is 11.1. The summed E-state index contributed by atoms with van der Waals surface area (Å²) in [5.41, 5.74) is 2.25. The fourth-order valence-corrected chi connectivity index (χ4v) is 5.15. The summed E-state index contributed by atoms with van der Waals surface area (Å²) in [6, 6.07) is 9.58. The number of sulfone groups is 1. The third-order valence-electron chi connectivity index (χ3n) is 6.31. The van der Waals surface area contributed by atoms with Crippen molar-refractivity contribution in [1.82, 2.24) is 4.90 Å². The molecule has 2 aromatic carbocycles. The standard InChI is InChI=1S/C24H28FN3O4S/c1-33(31,32)19-5-7-22(26-9-2-3-10-26)20(17-19)24(30)28-13-11-27(12-14-28)23-6-4-18(8-15-29)16-21(23)25/h4-7,15-17H,2-3,8-14H2,1H3. The van der Waals surface area contributed by atoms with Crippen molar-refractivity contribution in [2.45, 2.75) is 24.2 Å². The van der Waals surface area contributed by atoms with Crippen molar-refractivity contribution in [1.29, 1.82) is 0 Å². The fourth-order valence-electron chi connectivity index (χ4n) is 4.50. The summed E-state index contributed by atoms with van der Waals surface area (Å²) in [6.45, 7) is 3.39. The van der Waals surface area contributed by atoms with E-state index < -0.39 is 9.84 Å². The largest absolute Gasteiger partial charge is 0.371 e. The summed E-state index contributed by atoms with van der Waals surface area (Å²) in [6.07, 6.45) is 4.13. The second kappa shape index (κ2) is 9.51. The second-order valence-corrected chi connectivity index (χ2v) is 10.6. The van der Waals surface area contributed by atoms with Crippen molar-refractivity contribution in [3.63, 3.8) is 0 Å². The molecule has 2 aromatic rings. The van der Waals surface area contributed by atoms with Crippen LogP contribution in [-0.2, 0) is 21.1 Å². The van der Waals surface area contributed by atoms with Crippen molar-refractivity contribution in [2.75, 3.05) is 55.3 Å². The van der Waals surface area contributed by atoms with Crippen LogP contribution in [0.4, 0.5) is 15.8 Å². The van der Waals surface area contributed by atoms with E-state index in [9.17, 15) is 22.4 Å². The number of hydrogen-bond acceptors (Lipinski definition) is 6. The smallest absolute Gasteiger partial charge is 0.256 e. The maximum absolute atomic E-state index is 14.6. The maximum atomic E-state index is 14.6. The van der Waals surface area contributed by atoms with E-state index in [4.69, 9.17) is 0 Å². The van der Waals surface area contributed by atoms with Gasteiger partial charge >= 0.3 is 0 Å². The molecule has 0 saturated carbocycles. The lowest BCUT2D eigenvalue weighted by atomic mass is 10.1. The van der Waals surface area contributed by atoms with E-state index in [0.717, 1.165) is 44.2 Å². The minimum atomic E-state index is -3.45. The van der Waals surface area contributed by atoms with Crippen LogP contribution in [0.2, 0.25) is 0 Å². The molecule has 2 saturated heterocycles. The predicted octanol–water partition coefficient (Wildman–Crippen LogP) is 2.53. The Kier molecular flexibility index (Phi) is 6.69. The van der Waals surface area contributed by atoms with Gasteiger partial charge in [0.05, 0.1) is 16.1 Å². The van der Waals surface area contributed by atoms with Crippen molar-refractivity contribution >= 4 is 33.4 Å². The molecule has 2 heterocycles. The highest BCUT2D eigenvalue weighted by Gasteiger charge is 2.28. The summed E-state index contributed by atoms with van der Waals surface area (Å²) in [5.74, 6) is -0.588. The number of anilines is 2. The Bertz CT molecular complexity index is 1150. The fraction of sp³-hybridized carbons (Fsp3) is 0.417. The molecule has 0 N–H and O–H groups in total. The van der Waals surface area contributed by atoms with Gasteiger partial charge in [-0.1, -0.05) is 6.07 Å². The third kappa shape index (κ3) is 5.03. The minimum absolute atomic E-state index is 0.130. The van der Waals surface area contributed by atoms with Gasteiger partial charge in [0.2, 0.25) is 0 Å². The highest BCUT2D eigenvalue weighted by atomic mass is 32.2. The molecule has 0 unspecified atom stereocenters. The van der Waals surface area contributed by atoms with E-state index in [1.165, 1.54) is 12.1 Å². The van der Waals surface area contributed by atoms with Crippen LogP contribution in [0.3, 0.4) is 0 Å². The molecule has 0 atom stereocenters. The molecule has 0 spiro atoms. The van der Waals surface area contributed by atoms with Gasteiger partial charge in [0.1, 0.15) is 12.1 Å². The number of aldehydes is 1. The molecule has 7 nitrogen and oxygen atoms in total. The van der Waals surface area contributed by atoms with E-state index in [2.05, 4.69) is 4.90 Å². The first kappa shape index (κ1) is 23.2. The molecule has 9 heteroatoms. The molecule has 0 aromatic heterocycles. The van der Waals surface area contributed by atoms with Crippen LogP contribution >= 0.6 is 0 Å². The summed E-state index contributed by atoms with van der Waals surface area (Å²) in [7, 11) is -3.45. The summed E-state index contributed by atoms with van der Waals surface area (Å²) in [5, 5.41) is 0. The van der Waals surface area contributed by atoms with Gasteiger partial charge in [-0.15, -0.1) is 0 Å². The number of benzene rings is 2. The molecule has 33 heavy (non-hydrogen) atoms. The Labute approximate surface area is 193 Å². The van der Waals surface area contributed by atoms with Crippen LogP contribution in [0.1, 0.15) is 28.8 Å². The van der Waals surface area contributed by atoms with Crippen molar-refractivity contribution in [3.8, 4) is 0 Å². The third-order valence-corrected chi connectivity index (χ3v) is 7.42. The molecule has 2 fully saturated rings. The van der Waals surface area contributed by atoms with Crippen LogP contribution in [0.15, 0.2) is 41.3 Å². The number of carbonyl (C=O) groups excluding carboxylic acids is 2. The molecule has 2 aliphatic rings. The second-order valence-electron chi connectivity index (χ2n) is 8.58. The molecule has 4 rings (SSSR count). The normalized spacial score (nSPS) is 16.8. The minimum Gasteiger partial charge on any atom is -0.371 e. The van der Waals surface area contributed by atoms with Gasteiger partial charge in [-0.25, -0.2) is 12.8 Å². The molecule has 176 valence electrons. The van der Waals surface area contributed by atoms with Gasteiger partial charge in [0, 0.05) is 57.6 Å². The van der Waals surface area contributed by atoms with Gasteiger partial charge < -0.3 is 19.5 Å². The lowest BCUT2D eigenvalue weighted by Gasteiger charge is -2.37. The molecule has 0 aliphatic carbocycles. The van der Waals surface area contributed by atoms with Crippen LogP contribution in [0, 0.1) is 5.82 Å². The maximum Gasteiger partial charge on any atom is 0.256 e. The number of amides is 1. The van der Waals surface area contributed by atoms with Crippen molar-refractivity contribution in [2.24, 2.45) is 0 Å². The average Bonchev–Trinajstić information content (AvgIpc) is 3.33. The molecular weight excluding hydrogens is 445 g/mol. The van der Waals surface area contributed by atoms with Crippen molar-refractivity contribution in [3.05, 3.63) is 53.3 Å². The lowest BCUT2D eigenvalue weighted by Crippen LogP contribution is -2.49. The zero-order valence-electron chi connectivity index (χ0n) is 18.7. The molecule has 1 amide bonds. The van der Waals surface area contributed by atoms with Gasteiger partial charge in [0.25, 0.3) is 5.91 Å². The lowest BCUT2D eigenvalue weighted by molar-refractivity contribution is -0.107. The number of piperazine rings is 1. The highest BCUT2D eigenvalue weighted by molar-refractivity contribution is 7.90. The zero-order chi connectivity index (χ0) is 23.6. The Morgan fingerprint density at radius 2 is 1.58 bits per heavy atom. The summed E-state index contributed by atoms with van der Waals surface area (Å²) < 4.78 is 38.8. The quantitative estimate of drug-likeness (QED) is 0.600. The number of halogens is 1. The predicted molar refractivity (Wildman–Crippen MR) is 125 cm³/mol. The average molecular weight is 474 g/mol. The highest BCUT2D eigenvalue weighted by Crippen LogP contribution is 2.29. The van der Waals surface area contributed by atoms with E-state index in [-0.39, 0.29) is 23.0 Å². The molecule has 0 bridgehead atoms.